The van der Waals surface area contributed by atoms with Crippen LogP contribution in [0.15, 0.2) is 60.7 Å². The van der Waals surface area contributed by atoms with Crippen LogP contribution in [-0.4, -0.2) is 31.2 Å². The van der Waals surface area contributed by atoms with E-state index in [-0.39, 0.29) is 11.9 Å². The third-order valence-corrected chi connectivity index (χ3v) is 3.77. The van der Waals surface area contributed by atoms with Gasteiger partial charge in [-0.1, -0.05) is 37.5 Å². The lowest BCUT2D eigenvalue weighted by Gasteiger charge is -2.29. The lowest BCUT2D eigenvalue weighted by Crippen LogP contribution is -2.43. The summed E-state index contributed by atoms with van der Waals surface area (Å²) in [6, 6.07) is 0. The minimum Gasteiger partial charge on any atom is -0.513 e. The molecule has 0 saturated carbocycles. The molecule has 5 heteroatoms. The van der Waals surface area contributed by atoms with Gasteiger partial charge < -0.3 is 20.4 Å². The van der Waals surface area contributed by atoms with E-state index >= 15 is 0 Å². The zero-order chi connectivity index (χ0) is 15.8. The van der Waals surface area contributed by atoms with Gasteiger partial charge in [0.1, 0.15) is 0 Å². The van der Waals surface area contributed by atoms with Crippen molar-refractivity contribution in [2.24, 2.45) is 0 Å². The van der Waals surface area contributed by atoms with E-state index in [1.165, 1.54) is 0 Å². The smallest absolute Gasteiger partial charge is 0.292 e. The SMILES string of the molecule is C=C(O)CC1CCC(NCC(=C)NC2=CC=CC=CC2)BO1. The highest BCUT2D eigenvalue weighted by atomic mass is 16.4. The van der Waals surface area contributed by atoms with E-state index in [0.717, 1.165) is 37.2 Å². The van der Waals surface area contributed by atoms with Crippen LogP contribution in [0.2, 0.25) is 0 Å². The first-order valence-corrected chi connectivity index (χ1v) is 7.82. The molecule has 3 N–H and O–H groups in total. The summed E-state index contributed by atoms with van der Waals surface area (Å²) < 4.78 is 5.74. The second-order valence-corrected chi connectivity index (χ2v) is 5.82. The summed E-state index contributed by atoms with van der Waals surface area (Å²) in [6.45, 7) is 8.30. The standard InChI is InChI=1S/C17H25BN2O2/c1-13(20-15-7-5-3-4-6-8-15)12-19-17-10-9-16(22-18-17)11-14(2)21/h3-7,16-21H,1-2,8-12H2. The molecule has 0 radical (unpaired) electrons. The molecular formula is C17H25BN2O2. The van der Waals surface area contributed by atoms with Crippen LogP contribution in [0.3, 0.4) is 0 Å². The minimum atomic E-state index is 0.103. The summed E-state index contributed by atoms with van der Waals surface area (Å²) >= 11 is 0. The van der Waals surface area contributed by atoms with E-state index in [2.05, 4.69) is 35.9 Å². The van der Waals surface area contributed by atoms with Crippen LogP contribution in [0.4, 0.5) is 0 Å². The van der Waals surface area contributed by atoms with Gasteiger partial charge in [0.25, 0.3) is 7.48 Å². The summed E-state index contributed by atoms with van der Waals surface area (Å²) in [7, 11) is 0.666. The average molecular weight is 300 g/mol. The summed E-state index contributed by atoms with van der Waals surface area (Å²) in [5, 5.41) is 16.0. The van der Waals surface area contributed by atoms with Gasteiger partial charge in [-0.15, -0.1) is 0 Å². The Bertz CT molecular complexity index is 489. The Hall–Kier alpha value is -1.72. The van der Waals surface area contributed by atoms with Gasteiger partial charge >= 0.3 is 0 Å². The van der Waals surface area contributed by atoms with E-state index in [1.54, 1.807) is 0 Å². The lowest BCUT2D eigenvalue weighted by atomic mass is 9.79. The first-order chi connectivity index (χ1) is 10.6. The van der Waals surface area contributed by atoms with Crippen molar-refractivity contribution in [3.63, 3.8) is 0 Å². The molecule has 2 rings (SSSR count). The van der Waals surface area contributed by atoms with Gasteiger partial charge in [-0.3, -0.25) is 0 Å². The molecule has 0 aromatic heterocycles. The monoisotopic (exact) mass is 300 g/mol. The first kappa shape index (κ1) is 16.7. The number of hydrogen-bond donors (Lipinski definition) is 3. The highest BCUT2D eigenvalue weighted by molar-refractivity contribution is 6.30. The second-order valence-electron chi connectivity index (χ2n) is 5.82. The summed E-state index contributed by atoms with van der Waals surface area (Å²) in [5.41, 5.74) is 2.11. The molecule has 0 spiro atoms. The third kappa shape index (κ3) is 5.96. The molecule has 22 heavy (non-hydrogen) atoms. The van der Waals surface area contributed by atoms with E-state index in [1.807, 2.05) is 18.2 Å². The predicted molar refractivity (Wildman–Crippen MR) is 92.7 cm³/mol. The normalized spacial score (nSPS) is 24.1. The minimum absolute atomic E-state index is 0.103. The fourth-order valence-electron chi connectivity index (χ4n) is 2.60. The van der Waals surface area contributed by atoms with Crippen LogP contribution < -0.4 is 10.6 Å². The summed E-state index contributed by atoms with van der Waals surface area (Å²) in [5.74, 6) is 0.540. The predicted octanol–water partition coefficient (Wildman–Crippen LogP) is 2.40. The number of aliphatic hydroxyl groups excluding tert-OH is 1. The Morgan fingerprint density at radius 2 is 2.18 bits per heavy atom. The van der Waals surface area contributed by atoms with Gasteiger partial charge in [0.05, 0.1) is 5.76 Å². The molecule has 4 nitrogen and oxygen atoms in total. The zero-order valence-electron chi connectivity index (χ0n) is 13.1. The molecule has 1 fully saturated rings. The van der Waals surface area contributed by atoms with Crippen molar-refractivity contribution in [3.8, 4) is 0 Å². The maximum atomic E-state index is 9.20. The highest BCUT2D eigenvalue weighted by Gasteiger charge is 2.23. The van der Waals surface area contributed by atoms with Crippen molar-refractivity contribution in [1.29, 1.82) is 0 Å². The van der Waals surface area contributed by atoms with Crippen molar-refractivity contribution >= 4 is 7.48 Å². The van der Waals surface area contributed by atoms with Crippen molar-refractivity contribution in [2.45, 2.75) is 37.7 Å². The maximum Gasteiger partial charge on any atom is 0.292 e. The van der Waals surface area contributed by atoms with E-state index in [0.29, 0.717) is 19.8 Å². The maximum absolute atomic E-state index is 9.20. The molecule has 2 unspecified atom stereocenters. The molecule has 2 aliphatic rings. The third-order valence-electron chi connectivity index (χ3n) is 3.77. The van der Waals surface area contributed by atoms with Gasteiger partial charge in [0, 0.05) is 42.8 Å². The molecule has 1 heterocycles. The summed E-state index contributed by atoms with van der Waals surface area (Å²) in [4.78, 5) is 0. The average Bonchev–Trinajstić information content (AvgIpc) is 2.74. The highest BCUT2D eigenvalue weighted by Crippen LogP contribution is 2.17. The lowest BCUT2D eigenvalue weighted by molar-refractivity contribution is 0.152. The molecular weight excluding hydrogens is 275 g/mol. The Labute approximate surface area is 133 Å². The van der Waals surface area contributed by atoms with Crippen LogP contribution >= 0.6 is 0 Å². The molecule has 0 bridgehead atoms. The molecule has 0 amide bonds. The Morgan fingerprint density at radius 1 is 1.32 bits per heavy atom. The molecule has 0 aromatic rings. The molecule has 1 aliphatic carbocycles. The van der Waals surface area contributed by atoms with Crippen LogP contribution in [0, 0.1) is 0 Å². The van der Waals surface area contributed by atoms with Crippen molar-refractivity contribution in [1.82, 2.24) is 10.6 Å². The molecule has 118 valence electrons. The first-order valence-electron chi connectivity index (χ1n) is 7.82. The number of rotatable bonds is 7. The Morgan fingerprint density at radius 3 is 2.91 bits per heavy atom. The summed E-state index contributed by atoms with van der Waals surface area (Å²) in [6.07, 6.45) is 13.8. The van der Waals surface area contributed by atoms with Crippen LogP contribution in [0.25, 0.3) is 0 Å². The molecule has 1 saturated heterocycles. The van der Waals surface area contributed by atoms with Crippen molar-refractivity contribution in [2.75, 3.05) is 6.54 Å². The number of aliphatic hydroxyl groups is 1. The number of hydrogen-bond acceptors (Lipinski definition) is 4. The van der Waals surface area contributed by atoms with E-state index < -0.39 is 0 Å². The van der Waals surface area contributed by atoms with Gasteiger partial charge in [0.2, 0.25) is 0 Å². The van der Waals surface area contributed by atoms with Crippen molar-refractivity contribution < 1.29 is 9.76 Å². The quantitative estimate of drug-likeness (QED) is 0.499. The molecule has 2 atom stereocenters. The van der Waals surface area contributed by atoms with E-state index in [9.17, 15) is 5.11 Å². The largest absolute Gasteiger partial charge is 0.513 e. The molecule has 0 aromatic carbocycles. The van der Waals surface area contributed by atoms with Crippen LogP contribution in [-0.2, 0) is 4.65 Å². The fraction of sp³-hybridized carbons (Fsp3) is 0.412. The van der Waals surface area contributed by atoms with Gasteiger partial charge in [-0.2, -0.15) is 0 Å². The molecule has 1 aliphatic heterocycles. The number of nitrogens with one attached hydrogen (secondary N) is 2. The van der Waals surface area contributed by atoms with Crippen LogP contribution in [0.5, 0.6) is 0 Å². The fourth-order valence-corrected chi connectivity index (χ4v) is 2.60. The van der Waals surface area contributed by atoms with Gasteiger partial charge in [-0.05, 0) is 18.9 Å². The topological polar surface area (TPSA) is 53.5 Å². The van der Waals surface area contributed by atoms with Gasteiger partial charge in [-0.25, -0.2) is 0 Å². The van der Waals surface area contributed by atoms with Crippen molar-refractivity contribution in [3.05, 3.63) is 60.7 Å². The zero-order valence-corrected chi connectivity index (χ0v) is 13.1. The van der Waals surface area contributed by atoms with Crippen LogP contribution in [0.1, 0.15) is 25.7 Å². The Kier molecular flexibility index (Phi) is 6.56. The van der Waals surface area contributed by atoms with E-state index in [4.69, 9.17) is 4.65 Å². The Balaban J connectivity index is 1.65. The van der Waals surface area contributed by atoms with Gasteiger partial charge in [0.15, 0.2) is 0 Å². The second kappa shape index (κ2) is 8.66. The number of allylic oxidation sites excluding steroid dienone is 5.